The van der Waals surface area contributed by atoms with E-state index >= 15 is 0 Å². The molecule has 1 unspecified atom stereocenters. The number of aliphatic imine (C=N–C) groups is 1. The number of rotatable bonds is 8. The molecular weight excluding hydrogens is 438 g/mol. The Bertz CT molecular complexity index is 1180. The van der Waals surface area contributed by atoms with E-state index < -0.39 is 11.0 Å². The number of anilines is 1. The summed E-state index contributed by atoms with van der Waals surface area (Å²) in [6, 6.07) is 14.6. The third-order valence-electron chi connectivity index (χ3n) is 5.36. The second-order valence-corrected chi connectivity index (χ2v) is 10.7. The van der Waals surface area contributed by atoms with Gasteiger partial charge in [-0.15, -0.1) is 11.8 Å². The molecule has 0 radical (unpaired) electrons. The summed E-state index contributed by atoms with van der Waals surface area (Å²) in [6.45, 7) is 9.06. The van der Waals surface area contributed by atoms with Gasteiger partial charge in [-0.05, 0) is 42.8 Å². The van der Waals surface area contributed by atoms with Gasteiger partial charge in [-0.25, -0.2) is 18.5 Å². The largest absolute Gasteiger partial charge is 0.360 e. The molecule has 166 valence electrons. The SMILES string of the molecule is C=N/C(=C\SCNc1ncnc2c1CN(S(=O)C(C)C)CC2)c1ccc2ccccc2c1. The Morgan fingerprint density at radius 2 is 2.09 bits per heavy atom. The average molecular weight is 466 g/mol. The van der Waals surface area contributed by atoms with Gasteiger partial charge in [-0.1, -0.05) is 36.4 Å². The Morgan fingerprint density at radius 1 is 1.28 bits per heavy atom. The molecule has 0 bridgehead atoms. The Balaban J connectivity index is 1.43. The van der Waals surface area contributed by atoms with E-state index in [9.17, 15) is 4.21 Å². The highest BCUT2D eigenvalue weighted by molar-refractivity contribution is 8.02. The van der Waals surface area contributed by atoms with Gasteiger partial charge in [0.25, 0.3) is 0 Å². The van der Waals surface area contributed by atoms with Crippen molar-refractivity contribution in [1.82, 2.24) is 14.3 Å². The summed E-state index contributed by atoms with van der Waals surface area (Å²) in [5, 5.41) is 7.89. The molecule has 1 aliphatic rings. The molecule has 0 saturated heterocycles. The summed E-state index contributed by atoms with van der Waals surface area (Å²) in [4.78, 5) is 13.1. The Hall–Kier alpha value is -2.55. The summed E-state index contributed by atoms with van der Waals surface area (Å²) in [5.74, 6) is 1.43. The summed E-state index contributed by atoms with van der Waals surface area (Å²) >= 11 is 1.60. The van der Waals surface area contributed by atoms with E-state index in [4.69, 9.17) is 0 Å². The first kappa shape index (κ1) is 22.6. The van der Waals surface area contributed by atoms with Crippen molar-refractivity contribution in [2.24, 2.45) is 4.99 Å². The highest BCUT2D eigenvalue weighted by Crippen LogP contribution is 2.27. The Kier molecular flexibility index (Phi) is 7.34. The van der Waals surface area contributed by atoms with Crippen molar-refractivity contribution in [2.45, 2.75) is 32.1 Å². The quantitative estimate of drug-likeness (QED) is 0.292. The van der Waals surface area contributed by atoms with Crippen LogP contribution in [0.5, 0.6) is 0 Å². The number of nitrogens with one attached hydrogen (secondary N) is 1. The molecule has 0 amide bonds. The fraction of sp³-hybridized carbons (Fsp3) is 0.292. The van der Waals surface area contributed by atoms with Crippen LogP contribution in [0.25, 0.3) is 16.5 Å². The average Bonchev–Trinajstić information content (AvgIpc) is 2.83. The lowest BCUT2D eigenvalue weighted by Gasteiger charge is -2.29. The molecular formula is C24H27N5OS2. The monoisotopic (exact) mass is 465 g/mol. The zero-order valence-electron chi connectivity index (χ0n) is 18.3. The maximum absolute atomic E-state index is 12.6. The standard InChI is InChI=1S/C24H27N5OS2/c1-17(2)32(30)29-11-10-22-21(13-29)24(27-15-26-22)28-16-31-14-23(25-3)20-9-8-18-6-4-5-7-19(18)12-20/h4-9,12,14-15,17H,3,10-11,13,16H2,1-2H3,(H,26,27,28)/b23-14-. The second kappa shape index (κ2) is 10.4. The molecule has 4 rings (SSSR count). The van der Waals surface area contributed by atoms with Crippen LogP contribution in [0.3, 0.4) is 0 Å². The highest BCUT2D eigenvalue weighted by Gasteiger charge is 2.25. The molecule has 0 spiro atoms. The van der Waals surface area contributed by atoms with Gasteiger partial charge in [0.05, 0.1) is 28.3 Å². The minimum absolute atomic E-state index is 0.0956. The fourth-order valence-corrected chi connectivity index (χ4v) is 5.49. The highest BCUT2D eigenvalue weighted by atomic mass is 32.2. The topological polar surface area (TPSA) is 70.5 Å². The number of fused-ring (bicyclic) bond motifs is 2. The van der Waals surface area contributed by atoms with E-state index in [0.717, 1.165) is 41.3 Å². The number of hydrogen-bond acceptors (Lipinski definition) is 6. The van der Waals surface area contributed by atoms with Gasteiger partial charge in [0.15, 0.2) is 0 Å². The zero-order chi connectivity index (χ0) is 22.5. The van der Waals surface area contributed by atoms with E-state index in [2.05, 4.69) is 57.3 Å². The molecule has 0 saturated carbocycles. The maximum atomic E-state index is 12.6. The van der Waals surface area contributed by atoms with Crippen LogP contribution >= 0.6 is 11.8 Å². The summed E-state index contributed by atoms with van der Waals surface area (Å²) in [6.07, 6.45) is 2.38. The third kappa shape index (κ3) is 5.09. The van der Waals surface area contributed by atoms with Gasteiger partial charge in [-0.2, -0.15) is 0 Å². The lowest BCUT2D eigenvalue weighted by atomic mass is 10.1. The molecule has 1 aromatic heterocycles. The Morgan fingerprint density at radius 3 is 2.88 bits per heavy atom. The summed E-state index contributed by atoms with van der Waals surface area (Å²) in [7, 11) is -1.00. The van der Waals surface area contributed by atoms with Gasteiger partial charge >= 0.3 is 0 Å². The van der Waals surface area contributed by atoms with E-state index in [1.54, 1.807) is 18.1 Å². The van der Waals surface area contributed by atoms with Crippen LogP contribution in [0.2, 0.25) is 0 Å². The molecule has 6 nitrogen and oxygen atoms in total. The molecule has 1 aliphatic heterocycles. The molecule has 2 heterocycles. The lowest BCUT2D eigenvalue weighted by molar-refractivity contribution is 0.413. The maximum Gasteiger partial charge on any atom is 0.134 e. The minimum atomic E-state index is -1.00. The molecule has 0 fully saturated rings. The minimum Gasteiger partial charge on any atom is -0.360 e. The summed E-state index contributed by atoms with van der Waals surface area (Å²) < 4.78 is 14.6. The van der Waals surface area contributed by atoms with Crippen LogP contribution in [-0.2, 0) is 24.0 Å². The van der Waals surface area contributed by atoms with Crippen LogP contribution in [0.4, 0.5) is 5.82 Å². The molecule has 32 heavy (non-hydrogen) atoms. The van der Waals surface area contributed by atoms with Gasteiger partial charge < -0.3 is 5.32 Å². The van der Waals surface area contributed by atoms with Gasteiger partial charge in [-0.3, -0.25) is 4.99 Å². The van der Waals surface area contributed by atoms with Crippen molar-refractivity contribution in [3.63, 3.8) is 0 Å². The first-order valence-corrected chi connectivity index (χ1v) is 12.8. The van der Waals surface area contributed by atoms with Crippen molar-refractivity contribution in [2.75, 3.05) is 17.7 Å². The van der Waals surface area contributed by atoms with Crippen LogP contribution in [-0.4, -0.2) is 42.9 Å². The first-order valence-electron chi connectivity index (χ1n) is 10.6. The van der Waals surface area contributed by atoms with Crippen molar-refractivity contribution < 1.29 is 4.21 Å². The van der Waals surface area contributed by atoms with Crippen molar-refractivity contribution >= 4 is 51.8 Å². The number of benzene rings is 2. The van der Waals surface area contributed by atoms with Gasteiger partial charge in [0.1, 0.15) is 12.1 Å². The molecule has 2 aromatic carbocycles. The van der Waals surface area contributed by atoms with E-state index in [0.29, 0.717) is 12.4 Å². The van der Waals surface area contributed by atoms with Crippen LogP contribution < -0.4 is 5.32 Å². The van der Waals surface area contributed by atoms with Crippen molar-refractivity contribution in [3.05, 3.63) is 71.0 Å². The van der Waals surface area contributed by atoms with Gasteiger partial charge in [0, 0.05) is 35.9 Å². The molecule has 3 aromatic rings. The fourth-order valence-electron chi connectivity index (χ4n) is 3.70. The van der Waals surface area contributed by atoms with E-state index in [1.807, 2.05) is 35.7 Å². The number of nitrogens with zero attached hydrogens (tertiary/aromatic N) is 4. The predicted octanol–water partition coefficient (Wildman–Crippen LogP) is 4.86. The number of aromatic nitrogens is 2. The Labute approximate surface area is 195 Å². The van der Waals surface area contributed by atoms with Crippen LogP contribution in [0.15, 0.2) is 59.2 Å². The molecule has 8 heteroatoms. The predicted molar refractivity (Wildman–Crippen MR) is 137 cm³/mol. The van der Waals surface area contributed by atoms with Crippen molar-refractivity contribution in [1.29, 1.82) is 0 Å². The van der Waals surface area contributed by atoms with Crippen LogP contribution in [0.1, 0.15) is 30.7 Å². The van der Waals surface area contributed by atoms with E-state index in [-0.39, 0.29) is 5.25 Å². The number of hydrogen-bond donors (Lipinski definition) is 1. The normalized spacial score (nSPS) is 15.5. The molecule has 0 aliphatic carbocycles. The third-order valence-corrected chi connectivity index (χ3v) is 7.69. The smallest absolute Gasteiger partial charge is 0.134 e. The van der Waals surface area contributed by atoms with Crippen molar-refractivity contribution in [3.8, 4) is 0 Å². The lowest BCUT2D eigenvalue weighted by Crippen LogP contribution is -2.36. The van der Waals surface area contributed by atoms with E-state index in [1.165, 1.54) is 10.8 Å². The zero-order valence-corrected chi connectivity index (χ0v) is 20.0. The number of thioether (sulfide) groups is 1. The first-order chi connectivity index (χ1) is 15.6. The van der Waals surface area contributed by atoms with Crippen LogP contribution in [0, 0.1) is 0 Å². The molecule has 1 atom stereocenters. The second-order valence-electron chi connectivity index (χ2n) is 7.80. The van der Waals surface area contributed by atoms with Gasteiger partial charge in [0.2, 0.25) is 0 Å². The summed E-state index contributed by atoms with van der Waals surface area (Å²) in [5.41, 5.74) is 3.95. The molecule has 1 N–H and O–H groups in total.